The quantitative estimate of drug-likeness (QED) is 0.777. The number of carbonyl (C=O) groups is 1. The van der Waals surface area contributed by atoms with Crippen LogP contribution in [-0.4, -0.2) is 25.8 Å². The van der Waals surface area contributed by atoms with Crippen LogP contribution in [0.25, 0.3) is 22.3 Å². The molecule has 0 atom stereocenters. The molecule has 3 rings (SSSR count). The average Bonchev–Trinajstić information content (AvgIpc) is 2.76. The van der Waals surface area contributed by atoms with Gasteiger partial charge in [-0.05, 0) is 30.3 Å². The number of pyridine rings is 1. The van der Waals surface area contributed by atoms with Crippen LogP contribution >= 0.6 is 0 Å². The van der Waals surface area contributed by atoms with Crippen LogP contribution in [0.2, 0.25) is 0 Å². The first kappa shape index (κ1) is 12.3. The normalized spacial score (nSPS) is 10.9. The summed E-state index contributed by atoms with van der Waals surface area (Å²) in [5.74, 6) is -1.80. The topological polar surface area (TPSA) is 68.0 Å². The standard InChI is InChI=1S/C14H10FN3O2/c1-18-11-3-2-6-16-13(11)12(17-18)9-5-4-8(14(19)20)7-10(9)15/h2-7H,1H3,(H,19,20). The first-order chi connectivity index (χ1) is 9.58. The van der Waals surface area contributed by atoms with Crippen LogP contribution in [0.15, 0.2) is 36.5 Å². The van der Waals surface area contributed by atoms with Crippen molar-refractivity contribution in [1.82, 2.24) is 14.8 Å². The second-order valence-electron chi connectivity index (χ2n) is 4.34. The highest BCUT2D eigenvalue weighted by Gasteiger charge is 2.16. The van der Waals surface area contributed by atoms with Gasteiger partial charge in [0, 0.05) is 18.8 Å². The van der Waals surface area contributed by atoms with Crippen molar-refractivity contribution >= 4 is 17.0 Å². The lowest BCUT2D eigenvalue weighted by molar-refractivity contribution is 0.0696. The average molecular weight is 271 g/mol. The molecule has 1 N–H and O–H groups in total. The minimum absolute atomic E-state index is 0.0977. The molecule has 0 spiro atoms. The molecule has 0 bridgehead atoms. The third-order valence-electron chi connectivity index (χ3n) is 3.08. The van der Waals surface area contributed by atoms with Crippen molar-refractivity contribution in [2.75, 3.05) is 0 Å². The first-order valence-electron chi connectivity index (χ1n) is 5.89. The summed E-state index contributed by atoms with van der Waals surface area (Å²) in [6, 6.07) is 7.36. The molecule has 0 radical (unpaired) electrons. The molecule has 0 aliphatic carbocycles. The van der Waals surface area contributed by atoms with Gasteiger partial charge in [-0.3, -0.25) is 9.67 Å². The van der Waals surface area contributed by atoms with Crippen molar-refractivity contribution in [3.63, 3.8) is 0 Å². The number of nitrogens with zero attached hydrogens (tertiary/aromatic N) is 3. The fourth-order valence-corrected chi connectivity index (χ4v) is 2.11. The van der Waals surface area contributed by atoms with E-state index in [0.29, 0.717) is 11.2 Å². The maximum absolute atomic E-state index is 14.1. The van der Waals surface area contributed by atoms with E-state index in [1.54, 1.807) is 24.0 Å². The number of aromatic nitrogens is 3. The maximum atomic E-state index is 14.1. The van der Waals surface area contributed by atoms with E-state index in [9.17, 15) is 9.18 Å². The molecule has 2 heterocycles. The Morgan fingerprint density at radius 2 is 2.15 bits per heavy atom. The predicted octanol–water partition coefficient (Wildman–Crippen LogP) is 2.47. The molecule has 3 aromatic rings. The second kappa shape index (κ2) is 4.41. The highest BCUT2D eigenvalue weighted by Crippen LogP contribution is 2.28. The number of hydrogen-bond acceptors (Lipinski definition) is 3. The Hall–Kier alpha value is -2.76. The minimum atomic E-state index is -1.17. The van der Waals surface area contributed by atoms with E-state index in [0.717, 1.165) is 11.6 Å². The predicted molar refractivity (Wildman–Crippen MR) is 70.9 cm³/mol. The number of rotatable bonds is 2. The van der Waals surface area contributed by atoms with E-state index in [1.807, 2.05) is 6.07 Å². The zero-order valence-corrected chi connectivity index (χ0v) is 10.5. The van der Waals surface area contributed by atoms with Gasteiger partial charge in [-0.25, -0.2) is 9.18 Å². The van der Waals surface area contributed by atoms with Crippen LogP contribution < -0.4 is 0 Å². The molecule has 20 heavy (non-hydrogen) atoms. The van der Waals surface area contributed by atoms with Gasteiger partial charge in [0.25, 0.3) is 0 Å². The Bertz CT molecular complexity index is 826. The molecular formula is C14H10FN3O2. The van der Waals surface area contributed by atoms with Gasteiger partial charge in [-0.1, -0.05) is 0 Å². The van der Waals surface area contributed by atoms with Crippen LogP contribution in [0.5, 0.6) is 0 Å². The van der Waals surface area contributed by atoms with Crippen LogP contribution in [-0.2, 0) is 7.05 Å². The Morgan fingerprint density at radius 1 is 1.35 bits per heavy atom. The molecule has 0 fully saturated rings. The number of carboxylic acid groups (broad SMARTS) is 1. The van der Waals surface area contributed by atoms with Gasteiger partial charge in [-0.2, -0.15) is 5.10 Å². The van der Waals surface area contributed by atoms with Crippen LogP contribution in [0.3, 0.4) is 0 Å². The Morgan fingerprint density at radius 3 is 2.85 bits per heavy atom. The lowest BCUT2D eigenvalue weighted by Gasteiger charge is -2.01. The summed E-state index contributed by atoms with van der Waals surface area (Å²) in [5.41, 5.74) is 1.90. The summed E-state index contributed by atoms with van der Waals surface area (Å²) in [6.07, 6.45) is 1.61. The van der Waals surface area contributed by atoms with E-state index in [1.165, 1.54) is 12.1 Å². The van der Waals surface area contributed by atoms with E-state index < -0.39 is 11.8 Å². The van der Waals surface area contributed by atoms with Crippen molar-refractivity contribution < 1.29 is 14.3 Å². The van der Waals surface area contributed by atoms with E-state index in [4.69, 9.17) is 5.11 Å². The number of fused-ring (bicyclic) bond motifs is 1. The zero-order chi connectivity index (χ0) is 14.3. The van der Waals surface area contributed by atoms with E-state index in [-0.39, 0.29) is 11.1 Å². The molecule has 0 saturated heterocycles. The largest absolute Gasteiger partial charge is 0.478 e. The number of halogens is 1. The fraction of sp³-hybridized carbons (Fsp3) is 0.0714. The van der Waals surface area contributed by atoms with Crippen molar-refractivity contribution in [2.45, 2.75) is 0 Å². The van der Waals surface area contributed by atoms with Crippen LogP contribution in [0.4, 0.5) is 4.39 Å². The van der Waals surface area contributed by atoms with Crippen molar-refractivity contribution in [3.8, 4) is 11.3 Å². The lowest BCUT2D eigenvalue weighted by atomic mass is 10.1. The Kier molecular flexibility index (Phi) is 2.71. The number of aryl methyl sites for hydroxylation is 1. The summed E-state index contributed by atoms with van der Waals surface area (Å²) in [7, 11) is 1.75. The summed E-state index contributed by atoms with van der Waals surface area (Å²) in [4.78, 5) is 15.0. The third kappa shape index (κ3) is 1.82. The van der Waals surface area contributed by atoms with E-state index in [2.05, 4.69) is 10.1 Å². The third-order valence-corrected chi connectivity index (χ3v) is 3.08. The second-order valence-corrected chi connectivity index (χ2v) is 4.34. The number of hydrogen-bond donors (Lipinski definition) is 1. The monoisotopic (exact) mass is 271 g/mol. The van der Waals surface area contributed by atoms with Crippen molar-refractivity contribution in [1.29, 1.82) is 0 Å². The zero-order valence-electron chi connectivity index (χ0n) is 10.5. The van der Waals surface area contributed by atoms with Gasteiger partial charge in [0.1, 0.15) is 17.0 Å². The lowest BCUT2D eigenvalue weighted by Crippen LogP contribution is -1.98. The summed E-state index contributed by atoms with van der Waals surface area (Å²) >= 11 is 0. The van der Waals surface area contributed by atoms with Gasteiger partial charge >= 0.3 is 5.97 Å². The maximum Gasteiger partial charge on any atom is 0.335 e. The molecule has 0 unspecified atom stereocenters. The molecule has 1 aromatic carbocycles. The van der Waals surface area contributed by atoms with Crippen molar-refractivity contribution in [2.24, 2.45) is 7.05 Å². The smallest absolute Gasteiger partial charge is 0.335 e. The number of benzene rings is 1. The first-order valence-corrected chi connectivity index (χ1v) is 5.89. The molecule has 0 amide bonds. The van der Waals surface area contributed by atoms with Crippen LogP contribution in [0, 0.1) is 5.82 Å². The molecule has 100 valence electrons. The van der Waals surface area contributed by atoms with Crippen molar-refractivity contribution in [3.05, 3.63) is 47.9 Å². The Balaban J connectivity index is 2.24. The van der Waals surface area contributed by atoms with Gasteiger partial charge < -0.3 is 5.11 Å². The molecule has 2 aromatic heterocycles. The van der Waals surface area contributed by atoms with Gasteiger partial charge in [0.15, 0.2) is 0 Å². The van der Waals surface area contributed by atoms with E-state index >= 15 is 0 Å². The summed E-state index contributed by atoms with van der Waals surface area (Å²) in [5, 5.41) is 13.1. The minimum Gasteiger partial charge on any atom is -0.478 e. The number of carboxylic acids is 1. The van der Waals surface area contributed by atoms with Gasteiger partial charge in [0.05, 0.1) is 11.1 Å². The molecule has 0 aliphatic heterocycles. The highest BCUT2D eigenvalue weighted by molar-refractivity contribution is 5.92. The summed E-state index contributed by atoms with van der Waals surface area (Å²) < 4.78 is 15.7. The molecular weight excluding hydrogens is 261 g/mol. The highest BCUT2D eigenvalue weighted by atomic mass is 19.1. The molecule has 5 nitrogen and oxygen atoms in total. The molecule has 6 heteroatoms. The number of aromatic carboxylic acids is 1. The summed E-state index contributed by atoms with van der Waals surface area (Å²) in [6.45, 7) is 0. The molecule has 0 aliphatic rings. The van der Waals surface area contributed by atoms with Gasteiger partial charge in [-0.15, -0.1) is 0 Å². The molecule has 0 saturated carbocycles. The SMILES string of the molecule is Cn1nc(-c2ccc(C(=O)O)cc2F)c2ncccc21. The van der Waals surface area contributed by atoms with Crippen LogP contribution in [0.1, 0.15) is 10.4 Å². The fourth-order valence-electron chi connectivity index (χ4n) is 2.11. The van der Waals surface area contributed by atoms with Gasteiger partial charge in [0.2, 0.25) is 0 Å². The Labute approximate surface area is 113 Å².